The summed E-state index contributed by atoms with van der Waals surface area (Å²) in [5.41, 5.74) is 7.58. The fourth-order valence-electron chi connectivity index (χ4n) is 2.08. The minimum absolute atomic E-state index is 0. The number of benzene rings is 2. The highest BCUT2D eigenvalue weighted by Gasteiger charge is 2.47. The maximum Gasteiger partial charge on any atom is 0.379 e. The normalized spacial score (nSPS) is 12.2. The molecule has 1 atom stereocenters. The summed E-state index contributed by atoms with van der Waals surface area (Å²) in [5, 5.41) is 0. The smallest absolute Gasteiger partial charge is 0.379 e. The Labute approximate surface area is 139 Å². The van der Waals surface area contributed by atoms with Crippen molar-refractivity contribution in [3.8, 4) is 11.1 Å². The second kappa shape index (κ2) is 8.04. The number of esters is 1. The van der Waals surface area contributed by atoms with Gasteiger partial charge < -0.3 is 10.5 Å². The molecule has 3 nitrogen and oxygen atoms in total. The number of halogens is 3. The molecule has 0 unspecified atom stereocenters. The molecule has 2 aromatic carbocycles. The van der Waals surface area contributed by atoms with Crippen LogP contribution in [0.3, 0.4) is 0 Å². The topological polar surface area (TPSA) is 52.3 Å². The van der Waals surface area contributed by atoms with E-state index in [1.54, 1.807) is 12.1 Å². The van der Waals surface area contributed by atoms with E-state index in [2.05, 4.69) is 4.74 Å². The molecule has 0 amide bonds. The highest BCUT2D eigenvalue weighted by molar-refractivity contribution is 5.85. The molecule has 2 aromatic rings. The van der Waals surface area contributed by atoms with Crippen molar-refractivity contribution in [2.24, 2.45) is 5.73 Å². The van der Waals surface area contributed by atoms with Crippen LogP contribution in [0.25, 0.3) is 11.1 Å². The number of carbonyl (C=O) groups excluding carboxylic acids is 1. The third-order valence-corrected chi connectivity index (χ3v) is 3.32. The third-order valence-electron chi connectivity index (χ3n) is 3.32. The molecule has 124 valence electrons. The van der Waals surface area contributed by atoms with Crippen molar-refractivity contribution >= 4 is 18.4 Å². The minimum atomic E-state index is -3.76. The molecular formula is C17H18ClF2NO2. The van der Waals surface area contributed by atoms with Gasteiger partial charge in [-0.3, -0.25) is 0 Å². The number of alkyl halides is 2. The zero-order chi connectivity index (χ0) is 16.2. The maximum absolute atomic E-state index is 13.9. The molecule has 0 aliphatic carbocycles. The number of hydrogen-bond donors (Lipinski definition) is 1. The highest BCUT2D eigenvalue weighted by atomic mass is 35.5. The Balaban J connectivity index is 0.00000264. The van der Waals surface area contributed by atoms with Gasteiger partial charge in [-0.15, -0.1) is 12.4 Å². The summed E-state index contributed by atoms with van der Waals surface area (Å²) >= 11 is 0. The Kier molecular flexibility index (Phi) is 6.66. The zero-order valence-corrected chi connectivity index (χ0v) is 13.4. The minimum Gasteiger partial charge on any atom is -0.462 e. The fraction of sp³-hybridized carbons (Fsp3) is 0.235. The van der Waals surface area contributed by atoms with Crippen LogP contribution in [0.2, 0.25) is 0 Å². The maximum atomic E-state index is 13.9. The van der Waals surface area contributed by atoms with Crippen molar-refractivity contribution in [1.29, 1.82) is 0 Å². The van der Waals surface area contributed by atoms with Gasteiger partial charge in [0.2, 0.25) is 0 Å². The lowest BCUT2D eigenvalue weighted by molar-refractivity contribution is -0.174. The van der Waals surface area contributed by atoms with Crippen molar-refractivity contribution in [2.45, 2.75) is 18.9 Å². The van der Waals surface area contributed by atoms with Gasteiger partial charge in [0.1, 0.15) is 6.04 Å². The van der Waals surface area contributed by atoms with Crippen molar-refractivity contribution in [3.05, 3.63) is 60.2 Å². The van der Waals surface area contributed by atoms with Gasteiger partial charge >= 0.3 is 11.9 Å². The molecule has 2 rings (SSSR count). The van der Waals surface area contributed by atoms with Crippen molar-refractivity contribution in [1.82, 2.24) is 0 Å². The van der Waals surface area contributed by atoms with Crippen LogP contribution in [0.5, 0.6) is 0 Å². The predicted molar refractivity (Wildman–Crippen MR) is 87.6 cm³/mol. The first kappa shape index (κ1) is 19.1. The van der Waals surface area contributed by atoms with Gasteiger partial charge in [-0.25, -0.2) is 4.79 Å². The van der Waals surface area contributed by atoms with Crippen molar-refractivity contribution < 1.29 is 18.3 Å². The summed E-state index contributed by atoms with van der Waals surface area (Å²) in [6.07, 6.45) is 0. The number of nitrogens with two attached hydrogens (primary N) is 1. The first-order chi connectivity index (χ1) is 10.5. The van der Waals surface area contributed by atoms with Crippen LogP contribution in [-0.4, -0.2) is 18.5 Å². The number of hydrogen-bond acceptors (Lipinski definition) is 3. The lowest BCUT2D eigenvalue weighted by Gasteiger charge is -2.22. The van der Waals surface area contributed by atoms with E-state index in [0.29, 0.717) is 0 Å². The molecule has 0 aliphatic rings. The van der Waals surface area contributed by atoms with Crippen LogP contribution in [0.15, 0.2) is 54.6 Å². The lowest BCUT2D eigenvalue weighted by atomic mass is 9.98. The number of rotatable bonds is 5. The van der Waals surface area contributed by atoms with Crippen LogP contribution in [0.4, 0.5) is 8.78 Å². The van der Waals surface area contributed by atoms with E-state index >= 15 is 0 Å². The van der Waals surface area contributed by atoms with E-state index in [1.807, 2.05) is 30.3 Å². The Bertz CT molecular complexity index is 633. The molecule has 0 spiro atoms. The summed E-state index contributed by atoms with van der Waals surface area (Å²) < 4.78 is 32.2. The van der Waals surface area contributed by atoms with Crippen molar-refractivity contribution in [2.75, 3.05) is 6.61 Å². The van der Waals surface area contributed by atoms with Crippen LogP contribution < -0.4 is 5.73 Å². The summed E-state index contributed by atoms with van der Waals surface area (Å²) in [7, 11) is 0. The zero-order valence-electron chi connectivity index (χ0n) is 12.5. The van der Waals surface area contributed by atoms with Gasteiger partial charge in [0.25, 0.3) is 0 Å². The molecule has 23 heavy (non-hydrogen) atoms. The standard InChI is InChI=1S/C17H17F2NO2.ClH/c1-2-22-16(21)17(18,19)15(20)14-10-8-13(9-11-14)12-6-4-3-5-7-12;/h3-11,15H,2,20H2,1H3;1H/t15-;/m1./s1. The van der Waals surface area contributed by atoms with E-state index < -0.39 is 17.9 Å². The molecule has 0 heterocycles. The number of carbonyl (C=O) groups is 1. The van der Waals surface area contributed by atoms with E-state index in [-0.39, 0.29) is 24.6 Å². The SMILES string of the molecule is CCOC(=O)C(F)(F)[C@H](N)c1ccc(-c2ccccc2)cc1.Cl. The van der Waals surface area contributed by atoms with E-state index in [1.165, 1.54) is 19.1 Å². The summed E-state index contributed by atoms with van der Waals surface area (Å²) in [4.78, 5) is 11.3. The van der Waals surface area contributed by atoms with E-state index in [0.717, 1.165) is 11.1 Å². The lowest BCUT2D eigenvalue weighted by Crippen LogP contribution is -2.41. The second-order valence-corrected chi connectivity index (χ2v) is 4.81. The molecule has 0 saturated carbocycles. The Hall–Kier alpha value is -1.98. The summed E-state index contributed by atoms with van der Waals surface area (Å²) in [6, 6.07) is 14.2. The highest BCUT2D eigenvalue weighted by Crippen LogP contribution is 2.31. The van der Waals surface area contributed by atoms with Gasteiger partial charge in [-0.05, 0) is 23.6 Å². The van der Waals surface area contributed by atoms with E-state index in [4.69, 9.17) is 5.73 Å². The van der Waals surface area contributed by atoms with Gasteiger partial charge in [0, 0.05) is 0 Å². The van der Waals surface area contributed by atoms with Crippen molar-refractivity contribution in [3.63, 3.8) is 0 Å². The average molecular weight is 342 g/mol. The second-order valence-electron chi connectivity index (χ2n) is 4.81. The van der Waals surface area contributed by atoms with Crippen LogP contribution >= 0.6 is 12.4 Å². The van der Waals surface area contributed by atoms with Gasteiger partial charge in [0.05, 0.1) is 6.61 Å². The molecule has 2 N–H and O–H groups in total. The van der Waals surface area contributed by atoms with Gasteiger partial charge in [-0.1, -0.05) is 54.6 Å². The van der Waals surface area contributed by atoms with E-state index in [9.17, 15) is 13.6 Å². The quantitative estimate of drug-likeness (QED) is 0.837. The monoisotopic (exact) mass is 341 g/mol. The largest absolute Gasteiger partial charge is 0.462 e. The Morgan fingerprint density at radius 1 is 1.09 bits per heavy atom. The Morgan fingerprint density at radius 3 is 2.13 bits per heavy atom. The molecule has 0 aliphatic heterocycles. The number of ether oxygens (including phenoxy) is 1. The first-order valence-corrected chi connectivity index (χ1v) is 6.92. The molecular weight excluding hydrogens is 324 g/mol. The molecule has 0 bridgehead atoms. The average Bonchev–Trinajstić information content (AvgIpc) is 2.55. The van der Waals surface area contributed by atoms with Gasteiger partial charge in [-0.2, -0.15) is 8.78 Å². The van der Waals surface area contributed by atoms with Crippen LogP contribution in [0, 0.1) is 0 Å². The molecule has 0 saturated heterocycles. The molecule has 6 heteroatoms. The molecule has 0 fully saturated rings. The fourth-order valence-corrected chi connectivity index (χ4v) is 2.08. The summed E-state index contributed by atoms with van der Waals surface area (Å²) in [6.45, 7) is 1.35. The summed E-state index contributed by atoms with van der Waals surface area (Å²) in [5.74, 6) is -5.36. The predicted octanol–water partition coefficient (Wildman–Crippen LogP) is 3.97. The van der Waals surface area contributed by atoms with Crippen LogP contribution in [0.1, 0.15) is 18.5 Å². The Morgan fingerprint density at radius 2 is 1.61 bits per heavy atom. The molecule has 0 radical (unpaired) electrons. The first-order valence-electron chi connectivity index (χ1n) is 6.92. The molecule has 0 aromatic heterocycles. The van der Waals surface area contributed by atoms with Crippen LogP contribution in [-0.2, 0) is 9.53 Å². The third kappa shape index (κ3) is 4.27. The van der Waals surface area contributed by atoms with Gasteiger partial charge in [0.15, 0.2) is 0 Å².